The Bertz CT molecular complexity index is 530. The zero-order valence-electron chi connectivity index (χ0n) is 10.1. The molecular formula is C16H15BrO. The van der Waals surface area contributed by atoms with E-state index >= 15 is 0 Å². The lowest BCUT2D eigenvalue weighted by Gasteiger charge is -2.36. The monoisotopic (exact) mass is 302 g/mol. The van der Waals surface area contributed by atoms with E-state index in [2.05, 4.69) is 58.4 Å². The number of carbonyl (C=O) groups is 1. The number of rotatable bonds is 1. The second kappa shape index (κ2) is 4.85. The van der Waals surface area contributed by atoms with Crippen LogP contribution in [0.1, 0.15) is 24.3 Å². The molecule has 92 valence electrons. The van der Waals surface area contributed by atoms with Gasteiger partial charge < -0.3 is 0 Å². The van der Waals surface area contributed by atoms with Crippen LogP contribution in [0.25, 0.3) is 0 Å². The Morgan fingerprint density at radius 1 is 1.11 bits per heavy atom. The highest BCUT2D eigenvalue weighted by Crippen LogP contribution is 2.43. The van der Waals surface area contributed by atoms with Crippen molar-refractivity contribution in [2.24, 2.45) is 11.8 Å². The summed E-state index contributed by atoms with van der Waals surface area (Å²) in [6, 6.07) is 8.36. The van der Waals surface area contributed by atoms with Gasteiger partial charge in [-0.3, -0.25) is 4.79 Å². The predicted molar refractivity (Wildman–Crippen MR) is 76.4 cm³/mol. The van der Waals surface area contributed by atoms with Crippen molar-refractivity contribution >= 4 is 21.7 Å². The first kappa shape index (κ1) is 11.9. The van der Waals surface area contributed by atoms with Gasteiger partial charge in [0.1, 0.15) is 5.78 Å². The average Bonchev–Trinajstić information content (AvgIpc) is 2.37. The molecule has 2 heteroatoms. The van der Waals surface area contributed by atoms with Gasteiger partial charge in [-0.05, 0) is 35.4 Å². The second-order valence-corrected chi connectivity index (χ2v) is 6.04. The lowest BCUT2D eigenvalue weighted by molar-refractivity contribution is -0.122. The van der Waals surface area contributed by atoms with Crippen LogP contribution >= 0.6 is 15.9 Å². The minimum Gasteiger partial charge on any atom is -0.300 e. The third-order valence-corrected chi connectivity index (χ3v) is 4.44. The van der Waals surface area contributed by atoms with E-state index in [1.165, 1.54) is 5.56 Å². The number of hydrogen-bond donors (Lipinski definition) is 0. The molecule has 0 bridgehead atoms. The highest BCUT2D eigenvalue weighted by atomic mass is 79.9. The summed E-state index contributed by atoms with van der Waals surface area (Å²) in [6.07, 6.45) is 10.0. The molecule has 0 heterocycles. The van der Waals surface area contributed by atoms with Gasteiger partial charge in [0, 0.05) is 17.3 Å². The van der Waals surface area contributed by atoms with Crippen molar-refractivity contribution in [2.45, 2.75) is 18.8 Å². The van der Waals surface area contributed by atoms with E-state index < -0.39 is 0 Å². The maximum atomic E-state index is 11.9. The number of allylic oxidation sites excluding steroid dienone is 4. The van der Waals surface area contributed by atoms with Gasteiger partial charge in [-0.1, -0.05) is 52.4 Å². The Labute approximate surface area is 116 Å². The summed E-state index contributed by atoms with van der Waals surface area (Å²) in [7, 11) is 0. The maximum Gasteiger partial charge on any atom is 0.134 e. The Morgan fingerprint density at radius 2 is 1.94 bits per heavy atom. The summed E-state index contributed by atoms with van der Waals surface area (Å²) >= 11 is 3.51. The van der Waals surface area contributed by atoms with Gasteiger partial charge in [0.05, 0.1) is 0 Å². The van der Waals surface area contributed by atoms with Crippen LogP contribution in [0, 0.1) is 11.8 Å². The maximum absolute atomic E-state index is 11.9. The standard InChI is InChI=1S/C16H15BrO/c17-13-6-3-5-11(8-13)16-10-14(18)9-12-4-1-2-7-15(12)16/h1-8,12,15-16H,9-10H2. The van der Waals surface area contributed by atoms with Crippen molar-refractivity contribution in [1.29, 1.82) is 0 Å². The van der Waals surface area contributed by atoms with Crippen molar-refractivity contribution in [2.75, 3.05) is 0 Å². The fourth-order valence-corrected chi connectivity index (χ4v) is 3.53. The first-order valence-electron chi connectivity index (χ1n) is 6.36. The van der Waals surface area contributed by atoms with E-state index in [9.17, 15) is 4.79 Å². The smallest absolute Gasteiger partial charge is 0.134 e. The summed E-state index contributed by atoms with van der Waals surface area (Å²) in [5.74, 6) is 1.58. The SMILES string of the molecule is O=C1CC2C=CC=CC2C(c2cccc(Br)c2)C1. The largest absolute Gasteiger partial charge is 0.300 e. The number of fused-ring (bicyclic) bond motifs is 1. The van der Waals surface area contributed by atoms with Crippen molar-refractivity contribution in [3.63, 3.8) is 0 Å². The van der Waals surface area contributed by atoms with Gasteiger partial charge in [0.25, 0.3) is 0 Å². The highest BCUT2D eigenvalue weighted by molar-refractivity contribution is 9.10. The third-order valence-electron chi connectivity index (χ3n) is 3.95. The molecule has 1 fully saturated rings. The lowest BCUT2D eigenvalue weighted by Crippen LogP contribution is -2.30. The van der Waals surface area contributed by atoms with Crippen molar-refractivity contribution in [3.8, 4) is 0 Å². The fraction of sp³-hybridized carbons (Fsp3) is 0.312. The van der Waals surface area contributed by atoms with Gasteiger partial charge in [0.15, 0.2) is 0 Å². The Balaban J connectivity index is 1.96. The molecule has 0 radical (unpaired) electrons. The summed E-state index contributed by atoms with van der Waals surface area (Å²) in [5, 5.41) is 0. The number of hydrogen-bond acceptors (Lipinski definition) is 1. The zero-order chi connectivity index (χ0) is 12.5. The molecule has 2 aliphatic carbocycles. The van der Waals surface area contributed by atoms with Crippen molar-refractivity contribution < 1.29 is 4.79 Å². The van der Waals surface area contributed by atoms with Gasteiger partial charge in [0.2, 0.25) is 0 Å². The van der Waals surface area contributed by atoms with Crippen molar-refractivity contribution in [3.05, 3.63) is 58.6 Å². The molecular weight excluding hydrogens is 288 g/mol. The minimum atomic E-state index is 0.329. The Morgan fingerprint density at radius 3 is 2.78 bits per heavy atom. The molecule has 2 aliphatic rings. The van der Waals surface area contributed by atoms with E-state index in [1.54, 1.807) is 0 Å². The molecule has 0 N–H and O–H groups in total. The van der Waals surface area contributed by atoms with Crippen LogP contribution in [-0.2, 0) is 4.79 Å². The minimum absolute atomic E-state index is 0.329. The molecule has 1 saturated carbocycles. The first-order chi connectivity index (χ1) is 8.74. The number of halogens is 1. The molecule has 0 spiro atoms. The summed E-state index contributed by atoms with van der Waals surface area (Å²) < 4.78 is 1.09. The molecule has 0 saturated heterocycles. The van der Waals surface area contributed by atoms with Crippen molar-refractivity contribution in [1.82, 2.24) is 0 Å². The zero-order valence-corrected chi connectivity index (χ0v) is 11.6. The van der Waals surface area contributed by atoms with E-state index in [1.807, 2.05) is 6.07 Å². The van der Waals surface area contributed by atoms with Gasteiger partial charge in [-0.25, -0.2) is 0 Å². The molecule has 18 heavy (non-hydrogen) atoms. The Hall–Kier alpha value is -1.15. The molecule has 3 atom stereocenters. The molecule has 3 rings (SSSR count). The average molecular weight is 303 g/mol. The fourth-order valence-electron chi connectivity index (χ4n) is 3.11. The molecule has 1 aromatic carbocycles. The molecule has 0 amide bonds. The number of carbonyl (C=O) groups excluding carboxylic acids is 1. The van der Waals surface area contributed by atoms with Gasteiger partial charge >= 0.3 is 0 Å². The molecule has 1 nitrogen and oxygen atoms in total. The summed E-state index contributed by atoms with van der Waals surface area (Å²) in [5.41, 5.74) is 1.27. The predicted octanol–water partition coefficient (Wildman–Crippen LogP) is 4.25. The third kappa shape index (κ3) is 2.22. The van der Waals surface area contributed by atoms with E-state index in [0.717, 1.165) is 4.47 Å². The van der Waals surface area contributed by atoms with Crippen LogP contribution in [0.4, 0.5) is 0 Å². The van der Waals surface area contributed by atoms with E-state index in [4.69, 9.17) is 0 Å². The van der Waals surface area contributed by atoms with Crippen LogP contribution < -0.4 is 0 Å². The summed E-state index contributed by atoms with van der Waals surface area (Å²) in [6.45, 7) is 0. The second-order valence-electron chi connectivity index (χ2n) is 5.12. The van der Waals surface area contributed by atoms with Gasteiger partial charge in [-0.15, -0.1) is 0 Å². The van der Waals surface area contributed by atoms with Gasteiger partial charge in [-0.2, -0.15) is 0 Å². The number of Topliss-reactive ketones (excluding diaryl/α,β-unsaturated/α-hetero) is 1. The van der Waals surface area contributed by atoms with E-state index in [-0.39, 0.29) is 0 Å². The number of benzene rings is 1. The first-order valence-corrected chi connectivity index (χ1v) is 7.15. The van der Waals surface area contributed by atoms with E-state index in [0.29, 0.717) is 36.4 Å². The highest BCUT2D eigenvalue weighted by Gasteiger charge is 2.35. The quantitative estimate of drug-likeness (QED) is 0.758. The molecule has 3 unspecified atom stereocenters. The molecule has 0 aliphatic heterocycles. The Kier molecular flexibility index (Phi) is 3.21. The topological polar surface area (TPSA) is 17.1 Å². The van der Waals surface area contributed by atoms with Crippen LogP contribution in [-0.4, -0.2) is 5.78 Å². The van der Waals surface area contributed by atoms with Crippen LogP contribution in [0.15, 0.2) is 53.0 Å². The molecule has 1 aromatic rings. The summed E-state index contributed by atoms with van der Waals surface area (Å²) in [4.78, 5) is 11.9. The normalized spacial score (nSPS) is 30.3. The number of ketones is 1. The van der Waals surface area contributed by atoms with Crippen LogP contribution in [0.2, 0.25) is 0 Å². The molecule has 0 aromatic heterocycles. The van der Waals surface area contributed by atoms with Crippen LogP contribution in [0.3, 0.4) is 0 Å². The lowest BCUT2D eigenvalue weighted by atomic mass is 9.67. The van der Waals surface area contributed by atoms with Crippen LogP contribution in [0.5, 0.6) is 0 Å².